The molecular weight excluding hydrogens is 278 g/mol. The molecule has 0 radical (unpaired) electrons. The molecule has 2 aromatic carbocycles. The second kappa shape index (κ2) is 6.46. The molecule has 0 unspecified atom stereocenters. The van der Waals surface area contributed by atoms with Crippen LogP contribution in [0.5, 0.6) is 0 Å². The first-order chi connectivity index (χ1) is 10.2. The maximum Gasteiger partial charge on any atom is 0.220 e. The molecule has 0 fully saturated rings. The van der Waals surface area contributed by atoms with E-state index in [0.29, 0.717) is 0 Å². The summed E-state index contributed by atoms with van der Waals surface area (Å²) in [5.74, 6) is 0. The average Bonchev–Trinajstić information content (AvgIpc) is 2.83. The number of benzene rings is 2. The number of carbonyl (C=O) groups excluding carboxylic acids is 1. The van der Waals surface area contributed by atoms with Gasteiger partial charge in [0.05, 0.1) is 5.25 Å². The molecule has 3 rings (SSSR count). The molecule has 0 bridgehead atoms. The largest absolute Gasteiger partial charge is 0.305 e. The predicted octanol–water partition coefficient (Wildman–Crippen LogP) is 3.79. The van der Waals surface area contributed by atoms with Gasteiger partial charge in [0.25, 0.3) is 0 Å². The third kappa shape index (κ3) is 3.36. The Kier molecular flexibility index (Phi) is 4.42. The maximum atomic E-state index is 12.0. The summed E-state index contributed by atoms with van der Waals surface area (Å²) in [6.45, 7) is 1.93. The summed E-state index contributed by atoms with van der Waals surface area (Å²) in [4.78, 5) is 14.3. The van der Waals surface area contributed by atoms with Gasteiger partial charge in [-0.05, 0) is 24.6 Å². The van der Waals surface area contributed by atoms with E-state index in [1.54, 1.807) is 0 Å². The summed E-state index contributed by atoms with van der Waals surface area (Å²) in [6, 6.07) is 18.5. The van der Waals surface area contributed by atoms with E-state index in [4.69, 9.17) is 0 Å². The van der Waals surface area contributed by atoms with Crippen LogP contribution in [0.25, 0.3) is 0 Å². The van der Waals surface area contributed by atoms with Crippen molar-refractivity contribution < 1.29 is 4.79 Å². The van der Waals surface area contributed by atoms with Crippen LogP contribution < -0.4 is 0 Å². The van der Waals surface area contributed by atoms with Gasteiger partial charge in [0.1, 0.15) is 0 Å². The zero-order valence-corrected chi connectivity index (χ0v) is 13.0. The molecule has 0 spiro atoms. The number of carbonyl (C=O) groups is 1. The van der Waals surface area contributed by atoms with Gasteiger partial charge in [-0.25, -0.2) is 0 Å². The van der Waals surface area contributed by atoms with Gasteiger partial charge >= 0.3 is 0 Å². The second-order valence-electron chi connectivity index (χ2n) is 5.48. The average molecular weight is 297 g/mol. The zero-order valence-electron chi connectivity index (χ0n) is 12.2. The minimum absolute atomic E-state index is 0.215. The molecule has 1 aliphatic rings. The van der Waals surface area contributed by atoms with Crippen molar-refractivity contribution in [1.29, 1.82) is 0 Å². The lowest BCUT2D eigenvalue weighted by Crippen LogP contribution is -2.25. The Balaban J connectivity index is 1.59. The van der Waals surface area contributed by atoms with Crippen LogP contribution in [0.1, 0.15) is 26.7 Å². The van der Waals surface area contributed by atoms with Crippen LogP contribution >= 0.6 is 11.8 Å². The van der Waals surface area contributed by atoms with Gasteiger partial charge < -0.3 is 4.90 Å². The molecule has 1 atom stereocenters. The van der Waals surface area contributed by atoms with E-state index in [1.165, 1.54) is 22.9 Å². The summed E-state index contributed by atoms with van der Waals surface area (Å²) in [5.41, 5.74) is 3.45. The van der Waals surface area contributed by atoms with Gasteiger partial charge in [0.15, 0.2) is 0 Å². The first kappa shape index (κ1) is 14.4. The Bertz CT molecular complexity index is 626. The summed E-state index contributed by atoms with van der Waals surface area (Å²) in [5, 5.41) is 0.488. The lowest BCUT2D eigenvalue weighted by atomic mass is 10.1. The standard InChI is InChI=1S/C18H19NOS/c1-19(12-11-14-7-3-2-4-8-14)13-17-15-9-5-6-10-16(15)18(20)21-17/h2-10,17H,11-13H2,1H3/t17-/m0/s1. The van der Waals surface area contributed by atoms with E-state index in [9.17, 15) is 4.79 Å². The molecule has 108 valence electrons. The fourth-order valence-electron chi connectivity index (χ4n) is 2.69. The molecular formula is C18H19NOS. The molecule has 0 amide bonds. The van der Waals surface area contributed by atoms with Crippen LogP contribution in [0.3, 0.4) is 0 Å². The van der Waals surface area contributed by atoms with E-state index in [0.717, 1.165) is 25.1 Å². The van der Waals surface area contributed by atoms with Gasteiger partial charge in [-0.3, -0.25) is 4.79 Å². The van der Waals surface area contributed by atoms with Gasteiger partial charge in [0.2, 0.25) is 5.12 Å². The van der Waals surface area contributed by atoms with E-state index < -0.39 is 0 Å². The Hall–Kier alpha value is -1.58. The van der Waals surface area contributed by atoms with Gasteiger partial charge in [-0.15, -0.1) is 0 Å². The van der Waals surface area contributed by atoms with E-state index >= 15 is 0 Å². The lowest BCUT2D eigenvalue weighted by Gasteiger charge is -2.20. The number of likely N-dealkylation sites (N-methyl/N-ethyl adjacent to an activating group) is 1. The Morgan fingerprint density at radius 1 is 1.05 bits per heavy atom. The smallest absolute Gasteiger partial charge is 0.220 e. The topological polar surface area (TPSA) is 20.3 Å². The first-order valence-electron chi connectivity index (χ1n) is 7.26. The van der Waals surface area contributed by atoms with E-state index in [2.05, 4.69) is 42.3 Å². The highest BCUT2D eigenvalue weighted by molar-refractivity contribution is 8.14. The second-order valence-corrected chi connectivity index (χ2v) is 6.65. The third-order valence-corrected chi connectivity index (χ3v) is 5.00. The number of thioether (sulfide) groups is 1. The summed E-state index contributed by atoms with van der Waals surface area (Å²) in [6.07, 6.45) is 1.05. The number of rotatable bonds is 5. The third-order valence-electron chi connectivity index (χ3n) is 3.88. The molecule has 3 heteroatoms. The Labute approximate surface area is 130 Å². The molecule has 2 nitrogen and oxygen atoms in total. The van der Waals surface area contributed by atoms with Crippen LogP contribution in [0, 0.1) is 0 Å². The number of hydrogen-bond donors (Lipinski definition) is 0. The molecule has 0 aliphatic carbocycles. The van der Waals surface area contributed by atoms with E-state index in [1.807, 2.05) is 24.3 Å². The van der Waals surface area contributed by atoms with Crippen LogP contribution in [-0.4, -0.2) is 30.2 Å². The summed E-state index contributed by atoms with van der Waals surface area (Å²) < 4.78 is 0. The van der Waals surface area contributed by atoms with Crippen molar-refractivity contribution in [2.24, 2.45) is 0 Å². The Morgan fingerprint density at radius 3 is 2.57 bits per heavy atom. The molecule has 0 saturated carbocycles. The van der Waals surface area contributed by atoms with Crippen LogP contribution in [0.4, 0.5) is 0 Å². The number of nitrogens with zero attached hydrogens (tertiary/aromatic N) is 1. The van der Waals surface area contributed by atoms with Crippen LogP contribution in [0.15, 0.2) is 54.6 Å². The van der Waals surface area contributed by atoms with E-state index in [-0.39, 0.29) is 10.4 Å². The predicted molar refractivity (Wildman–Crippen MR) is 88.7 cm³/mol. The molecule has 2 aromatic rings. The summed E-state index contributed by atoms with van der Waals surface area (Å²) >= 11 is 1.46. The molecule has 1 aliphatic heterocycles. The summed E-state index contributed by atoms with van der Waals surface area (Å²) in [7, 11) is 2.13. The van der Waals surface area contributed by atoms with Crippen molar-refractivity contribution in [2.45, 2.75) is 11.7 Å². The van der Waals surface area contributed by atoms with Crippen molar-refractivity contribution in [2.75, 3.05) is 20.1 Å². The highest BCUT2D eigenvalue weighted by atomic mass is 32.2. The molecule has 0 aromatic heterocycles. The highest BCUT2D eigenvalue weighted by Crippen LogP contribution is 2.41. The lowest BCUT2D eigenvalue weighted by molar-refractivity contribution is 0.109. The Morgan fingerprint density at radius 2 is 1.76 bits per heavy atom. The fourth-order valence-corrected chi connectivity index (χ4v) is 3.93. The molecule has 1 heterocycles. The minimum atomic E-state index is 0.215. The maximum absolute atomic E-state index is 12.0. The highest BCUT2D eigenvalue weighted by Gasteiger charge is 2.30. The fraction of sp³-hybridized carbons (Fsp3) is 0.278. The van der Waals surface area contributed by atoms with Gasteiger partial charge in [-0.1, -0.05) is 66.4 Å². The number of fused-ring (bicyclic) bond motifs is 1. The van der Waals surface area contributed by atoms with Crippen molar-refractivity contribution in [3.05, 3.63) is 71.3 Å². The van der Waals surface area contributed by atoms with Crippen LogP contribution in [-0.2, 0) is 6.42 Å². The monoisotopic (exact) mass is 297 g/mol. The van der Waals surface area contributed by atoms with Crippen molar-refractivity contribution >= 4 is 16.9 Å². The molecule has 0 N–H and O–H groups in total. The minimum Gasteiger partial charge on any atom is -0.305 e. The molecule has 21 heavy (non-hydrogen) atoms. The van der Waals surface area contributed by atoms with Gasteiger partial charge in [0, 0.05) is 18.7 Å². The quantitative estimate of drug-likeness (QED) is 0.837. The van der Waals surface area contributed by atoms with Crippen molar-refractivity contribution in [1.82, 2.24) is 4.90 Å². The van der Waals surface area contributed by atoms with Crippen molar-refractivity contribution in [3.63, 3.8) is 0 Å². The zero-order chi connectivity index (χ0) is 14.7. The van der Waals surface area contributed by atoms with Gasteiger partial charge in [-0.2, -0.15) is 0 Å². The number of hydrogen-bond acceptors (Lipinski definition) is 3. The first-order valence-corrected chi connectivity index (χ1v) is 8.14. The van der Waals surface area contributed by atoms with Crippen LogP contribution in [0.2, 0.25) is 0 Å². The normalized spacial score (nSPS) is 17.2. The molecule has 0 saturated heterocycles. The SMILES string of the molecule is CN(CCc1ccccc1)C[C@@H]1SC(=O)c2ccccc21. The van der Waals surface area contributed by atoms with Crippen molar-refractivity contribution in [3.8, 4) is 0 Å².